The van der Waals surface area contributed by atoms with E-state index in [1.165, 1.54) is 12.3 Å². The van der Waals surface area contributed by atoms with Crippen LogP contribution >= 0.6 is 0 Å². The predicted octanol–water partition coefficient (Wildman–Crippen LogP) is 0.934. The van der Waals surface area contributed by atoms with Crippen LogP contribution in [0.1, 0.15) is 30.0 Å². The second-order valence-corrected chi connectivity index (χ2v) is 4.46. The minimum absolute atomic E-state index is 0.0871. The van der Waals surface area contributed by atoms with E-state index in [0.29, 0.717) is 5.76 Å². The Morgan fingerprint density at radius 2 is 2.17 bits per heavy atom. The number of carbonyl (C=O) groups is 2. The molecule has 0 aliphatic heterocycles. The zero-order valence-corrected chi connectivity index (χ0v) is 10.8. The van der Waals surface area contributed by atoms with Crippen LogP contribution < -0.4 is 5.32 Å². The zero-order chi connectivity index (χ0) is 13.7. The Balaban J connectivity index is 2.54. The monoisotopic (exact) mass is 254 g/mol. The summed E-state index contributed by atoms with van der Waals surface area (Å²) in [5.41, 5.74) is 0.131. The minimum Gasteiger partial charge on any atom is -0.478 e. The number of likely N-dealkylation sites (N-methyl/N-ethyl adjacent to an activating group) is 1. The third kappa shape index (κ3) is 4.21. The van der Waals surface area contributed by atoms with Crippen molar-refractivity contribution in [2.45, 2.75) is 26.4 Å². The van der Waals surface area contributed by atoms with Gasteiger partial charge < -0.3 is 14.8 Å². The van der Waals surface area contributed by atoms with Crippen LogP contribution in [0.15, 0.2) is 16.7 Å². The van der Waals surface area contributed by atoms with Crippen molar-refractivity contribution in [2.75, 3.05) is 13.6 Å². The molecule has 1 aromatic rings. The van der Waals surface area contributed by atoms with Gasteiger partial charge in [0.25, 0.3) is 0 Å². The average Bonchev–Trinajstić information content (AvgIpc) is 2.63. The van der Waals surface area contributed by atoms with Gasteiger partial charge in [0.1, 0.15) is 11.3 Å². The maximum atomic E-state index is 11.5. The highest BCUT2D eigenvalue weighted by molar-refractivity contribution is 5.88. The molecule has 0 saturated heterocycles. The summed E-state index contributed by atoms with van der Waals surface area (Å²) in [7, 11) is 1.73. The van der Waals surface area contributed by atoms with Gasteiger partial charge in [-0.15, -0.1) is 0 Å². The van der Waals surface area contributed by atoms with Gasteiger partial charge in [0.05, 0.1) is 19.4 Å². The fourth-order valence-corrected chi connectivity index (χ4v) is 1.57. The summed E-state index contributed by atoms with van der Waals surface area (Å²) in [5, 5.41) is 11.7. The molecule has 0 radical (unpaired) electrons. The van der Waals surface area contributed by atoms with Gasteiger partial charge in [-0.05, 0) is 27.0 Å². The lowest BCUT2D eigenvalue weighted by Gasteiger charge is -2.16. The lowest BCUT2D eigenvalue weighted by atomic mass is 10.2. The first-order chi connectivity index (χ1) is 8.40. The summed E-state index contributed by atoms with van der Waals surface area (Å²) in [6, 6.07) is 1.49. The highest BCUT2D eigenvalue weighted by atomic mass is 16.4. The molecule has 0 saturated carbocycles. The number of nitrogens with zero attached hydrogens (tertiary/aromatic N) is 1. The van der Waals surface area contributed by atoms with Crippen LogP contribution in [0.2, 0.25) is 0 Å². The Morgan fingerprint density at radius 3 is 2.72 bits per heavy atom. The van der Waals surface area contributed by atoms with Crippen LogP contribution in [-0.2, 0) is 11.3 Å². The van der Waals surface area contributed by atoms with Gasteiger partial charge in [0.15, 0.2) is 0 Å². The average molecular weight is 254 g/mol. The maximum Gasteiger partial charge on any atom is 0.339 e. The molecule has 0 aliphatic rings. The van der Waals surface area contributed by atoms with Crippen molar-refractivity contribution in [3.63, 3.8) is 0 Å². The van der Waals surface area contributed by atoms with Gasteiger partial charge in [0, 0.05) is 6.04 Å². The number of carboxylic acid groups (broad SMARTS) is 1. The van der Waals surface area contributed by atoms with Crippen molar-refractivity contribution in [1.29, 1.82) is 0 Å². The van der Waals surface area contributed by atoms with E-state index in [-0.39, 0.29) is 30.6 Å². The Labute approximate surface area is 106 Å². The quantitative estimate of drug-likeness (QED) is 0.789. The number of hydrogen-bond donors (Lipinski definition) is 2. The number of nitrogens with one attached hydrogen (secondary N) is 1. The molecule has 1 aromatic heterocycles. The second-order valence-electron chi connectivity index (χ2n) is 4.46. The molecule has 6 heteroatoms. The fraction of sp³-hybridized carbons (Fsp3) is 0.500. The van der Waals surface area contributed by atoms with E-state index in [1.807, 2.05) is 13.8 Å². The first-order valence-electron chi connectivity index (χ1n) is 5.67. The van der Waals surface area contributed by atoms with Gasteiger partial charge in [-0.1, -0.05) is 0 Å². The van der Waals surface area contributed by atoms with Crippen molar-refractivity contribution >= 4 is 11.9 Å². The number of hydrogen-bond acceptors (Lipinski definition) is 4. The number of rotatable bonds is 6. The Bertz CT molecular complexity index is 425. The van der Waals surface area contributed by atoms with E-state index in [1.54, 1.807) is 11.9 Å². The highest BCUT2D eigenvalue weighted by Gasteiger charge is 2.16. The van der Waals surface area contributed by atoms with Gasteiger partial charge in [-0.2, -0.15) is 0 Å². The summed E-state index contributed by atoms with van der Waals surface area (Å²) >= 11 is 0. The Hall–Kier alpha value is -1.82. The number of aromatic carboxylic acids is 1. The molecule has 0 fully saturated rings. The molecule has 0 atom stereocenters. The summed E-state index contributed by atoms with van der Waals surface area (Å²) in [6.45, 7) is 4.23. The maximum absolute atomic E-state index is 11.5. The highest BCUT2D eigenvalue weighted by Crippen LogP contribution is 2.12. The molecule has 2 N–H and O–H groups in total. The first kappa shape index (κ1) is 14.2. The Morgan fingerprint density at radius 1 is 1.50 bits per heavy atom. The Kier molecular flexibility index (Phi) is 4.91. The number of amides is 1. The normalized spacial score (nSPS) is 10.9. The molecule has 0 aliphatic carbocycles. The zero-order valence-electron chi connectivity index (χ0n) is 10.8. The van der Waals surface area contributed by atoms with Gasteiger partial charge >= 0.3 is 5.97 Å². The third-order valence-electron chi connectivity index (χ3n) is 2.25. The molecule has 18 heavy (non-hydrogen) atoms. The van der Waals surface area contributed by atoms with E-state index < -0.39 is 5.97 Å². The first-order valence-corrected chi connectivity index (χ1v) is 5.67. The van der Waals surface area contributed by atoms with Crippen LogP contribution in [0.25, 0.3) is 0 Å². The molecular formula is C12H18N2O4. The SMILES string of the molecule is CC(C)NC(=O)CN(C)Cc1occc1C(=O)O. The van der Waals surface area contributed by atoms with E-state index in [2.05, 4.69) is 5.32 Å². The smallest absolute Gasteiger partial charge is 0.339 e. The molecule has 0 unspecified atom stereocenters. The van der Waals surface area contributed by atoms with Crippen LogP contribution in [0.5, 0.6) is 0 Å². The molecule has 0 bridgehead atoms. The van der Waals surface area contributed by atoms with Crippen molar-refractivity contribution in [3.05, 3.63) is 23.7 Å². The predicted molar refractivity (Wildman–Crippen MR) is 65.3 cm³/mol. The molecule has 1 rings (SSSR count). The lowest BCUT2D eigenvalue weighted by molar-refractivity contribution is -0.122. The van der Waals surface area contributed by atoms with E-state index in [4.69, 9.17) is 9.52 Å². The summed E-state index contributed by atoms with van der Waals surface area (Å²) < 4.78 is 5.11. The van der Waals surface area contributed by atoms with Gasteiger partial charge in [-0.25, -0.2) is 4.79 Å². The van der Waals surface area contributed by atoms with Crippen molar-refractivity contribution in [1.82, 2.24) is 10.2 Å². The fourth-order valence-electron chi connectivity index (χ4n) is 1.57. The van der Waals surface area contributed by atoms with Gasteiger partial charge in [0.2, 0.25) is 5.91 Å². The molecule has 0 aromatic carbocycles. The number of furan rings is 1. The topological polar surface area (TPSA) is 82.8 Å². The lowest BCUT2D eigenvalue weighted by Crippen LogP contribution is -2.38. The molecule has 0 spiro atoms. The molecule has 6 nitrogen and oxygen atoms in total. The van der Waals surface area contributed by atoms with Crippen LogP contribution in [-0.4, -0.2) is 41.5 Å². The molecule has 100 valence electrons. The third-order valence-corrected chi connectivity index (χ3v) is 2.25. The second kappa shape index (κ2) is 6.20. The minimum atomic E-state index is -1.03. The van der Waals surface area contributed by atoms with Crippen LogP contribution in [0.3, 0.4) is 0 Å². The van der Waals surface area contributed by atoms with E-state index in [0.717, 1.165) is 0 Å². The van der Waals surface area contributed by atoms with Crippen LogP contribution in [0.4, 0.5) is 0 Å². The number of carbonyl (C=O) groups excluding carboxylic acids is 1. The largest absolute Gasteiger partial charge is 0.478 e. The summed E-state index contributed by atoms with van der Waals surface area (Å²) in [4.78, 5) is 24.1. The van der Waals surface area contributed by atoms with Crippen molar-refractivity contribution in [2.24, 2.45) is 0 Å². The van der Waals surface area contributed by atoms with Crippen LogP contribution in [0, 0.1) is 0 Å². The van der Waals surface area contributed by atoms with Crippen molar-refractivity contribution < 1.29 is 19.1 Å². The molecule has 1 heterocycles. The summed E-state index contributed by atoms with van der Waals surface area (Å²) in [5.74, 6) is -0.780. The van der Waals surface area contributed by atoms with Crippen molar-refractivity contribution in [3.8, 4) is 0 Å². The van der Waals surface area contributed by atoms with E-state index >= 15 is 0 Å². The summed E-state index contributed by atoms with van der Waals surface area (Å²) in [6.07, 6.45) is 1.33. The molecule has 1 amide bonds. The molecular weight excluding hydrogens is 236 g/mol. The van der Waals surface area contributed by atoms with E-state index in [9.17, 15) is 9.59 Å². The van der Waals surface area contributed by atoms with Gasteiger partial charge in [-0.3, -0.25) is 9.69 Å². The standard InChI is InChI=1S/C12H18N2O4/c1-8(2)13-11(15)7-14(3)6-10-9(12(16)17)4-5-18-10/h4-5,8H,6-7H2,1-3H3,(H,13,15)(H,16,17). The number of carboxylic acids is 1.